The first-order valence-electron chi connectivity index (χ1n) is 9.96. The van der Waals surface area contributed by atoms with Crippen molar-refractivity contribution in [2.24, 2.45) is 5.10 Å². The highest BCUT2D eigenvalue weighted by molar-refractivity contribution is 5.87. The van der Waals surface area contributed by atoms with Gasteiger partial charge in [-0.25, -0.2) is 10.2 Å². The Labute approximate surface area is 190 Å². The Kier molecular flexibility index (Phi) is 8.87. The highest BCUT2D eigenvalue weighted by atomic mass is 16.6. The molecule has 2 amide bonds. The number of phenols is 1. The summed E-state index contributed by atoms with van der Waals surface area (Å²) in [5, 5.41) is 26.6. The number of carbonyl (C=O) groups excluding carboxylic acids is 2. The number of nitro benzene ring substituents is 1. The van der Waals surface area contributed by atoms with Crippen molar-refractivity contribution in [2.75, 3.05) is 6.61 Å². The molecular weight excluding hydrogens is 432 g/mol. The summed E-state index contributed by atoms with van der Waals surface area (Å²) in [7, 11) is 0. The van der Waals surface area contributed by atoms with Crippen molar-refractivity contribution in [3.63, 3.8) is 0 Å². The molecule has 0 heterocycles. The molecule has 176 valence electrons. The van der Waals surface area contributed by atoms with Crippen LogP contribution in [0.5, 0.6) is 5.75 Å². The van der Waals surface area contributed by atoms with Crippen LogP contribution in [0.3, 0.4) is 0 Å². The van der Waals surface area contributed by atoms with E-state index in [1.54, 1.807) is 20.8 Å². The number of rotatable bonds is 9. The number of nitrogens with zero attached hydrogens (tertiary/aromatic N) is 2. The van der Waals surface area contributed by atoms with Crippen LogP contribution >= 0.6 is 0 Å². The quantitative estimate of drug-likeness (QED) is 0.297. The predicted molar refractivity (Wildman–Crippen MR) is 120 cm³/mol. The maximum absolute atomic E-state index is 12.6. The maximum atomic E-state index is 12.6. The number of carbonyl (C=O) groups is 2. The van der Waals surface area contributed by atoms with Gasteiger partial charge in [-0.05, 0) is 38.5 Å². The van der Waals surface area contributed by atoms with Gasteiger partial charge in [-0.2, -0.15) is 5.10 Å². The lowest BCUT2D eigenvalue weighted by Crippen LogP contribution is -2.49. The molecule has 3 N–H and O–H groups in total. The number of hydrogen-bond acceptors (Lipinski definition) is 8. The van der Waals surface area contributed by atoms with E-state index in [4.69, 9.17) is 9.47 Å². The van der Waals surface area contributed by atoms with E-state index in [-0.39, 0.29) is 18.8 Å². The number of nitrogens with one attached hydrogen (secondary N) is 2. The van der Waals surface area contributed by atoms with Crippen LogP contribution in [0.25, 0.3) is 0 Å². The number of phenolic OH excluding ortho intramolecular Hbond substituents is 1. The van der Waals surface area contributed by atoms with Crippen LogP contribution in [-0.2, 0) is 20.9 Å². The number of aromatic hydroxyl groups is 1. The number of nitro groups is 1. The van der Waals surface area contributed by atoms with Gasteiger partial charge in [-0.3, -0.25) is 14.9 Å². The first kappa shape index (κ1) is 25.3. The molecule has 0 saturated carbocycles. The fraction of sp³-hybridized carbons (Fsp3) is 0.318. The highest BCUT2D eigenvalue weighted by Crippen LogP contribution is 2.25. The summed E-state index contributed by atoms with van der Waals surface area (Å²) in [6.45, 7) is 5.14. The highest BCUT2D eigenvalue weighted by Gasteiger charge is 2.24. The zero-order valence-electron chi connectivity index (χ0n) is 18.5. The fourth-order valence-corrected chi connectivity index (χ4v) is 2.52. The molecule has 0 aliphatic rings. The van der Waals surface area contributed by atoms with Gasteiger partial charge in [0.05, 0.1) is 24.4 Å². The SMILES string of the molecule is CC(C)(C)OC(=O)N[C@@H](COCc1ccccc1)C(=O)N/N=C\c1ccc(O)c([N+](=O)[O-])c1. The third kappa shape index (κ3) is 8.95. The molecular formula is C22H26N4O7. The van der Waals surface area contributed by atoms with Crippen LogP contribution in [0.4, 0.5) is 10.5 Å². The zero-order valence-corrected chi connectivity index (χ0v) is 18.5. The van der Waals surface area contributed by atoms with Crippen LogP contribution in [-0.4, -0.2) is 46.5 Å². The monoisotopic (exact) mass is 458 g/mol. The van der Waals surface area contributed by atoms with Crippen LogP contribution in [0.2, 0.25) is 0 Å². The minimum Gasteiger partial charge on any atom is -0.502 e. The molecule has 2 rings (SSSR count). The van der Waals surface area contributed by atoms with Crippen molar-refractivity contribution < 1.29 is 29.1 Å². The van der Waals surface area contributed by atoms with E-state index in [1.807, 2.05) is 30.3 Å². The minimum atomic E-state index is -1.12. The lowest BCUT2D eigenvalue weighted by molar-refractivity contribution is -0.385. The summed E-state index contributed by atoms with van der Waals surface area (Å²) in [6.07, 6.45) is 0.365. The van der Waals surface area contributed by atoms with Crippen LogP contribution in [0.15, 0.2) is 53.6 Å². The molecule has 0 bridgehead atoms. The number of hydrogen-bond donors (Lipinski definition) is 3. The van der Waals surface area contributed by atoms with E-state index in [9.17, 15) is 24.8 Å². The van der Waals surface area contributed by atoms with Gasteiger partial charge >= 0.3 is 11.8 Å². The Hall–Kier alpha value is -3.99. The van der Waals surface area contributed by atoms with Gasteiger partial charge in [-0.15, -0.1) is 0 Å². The predicted octanol–water partition coefficient (Wildman–Crippen LogP) is 2.86. The van der Waals surface area contributed by atoms with E-state index in [0.717, 1.165) is 17.7 Å². The molecule has 2 aromatic rings. The molecule has 2 aromatic carbocycles. The smallest absolute Gasteiger partial charge is 0.408 e. The zero-order chi connectivity index (χ0) is 24.4. The molecule has 0 unspecified atom stereocenters. The first-order valence-corrected chi connectivity index (χ1v) is 9.96. The molecule has 1 atom stereocenters. The van der Waals surface area contributed by atoms with Crippen LogP contribution < -0.4 is 10.7 Å². The van der Waals surface area contributed by atoms with Gasteiger partial charge < -0.3 is 19.9 Å². The standard InChI is InChI=1S/C22H26N4O7/c1-22(2,3)33-21(29)24-17(14-32-13-15-7-5-4-6-8-15)20(28)25-23-12-16-9-10-19(27)18(11-16)26(30)31/h4-12,17,27H,13-14H2,1-3H3,(H,24,29)(H,25,28)/b23-12-/t17-/m0/s1. The second-order valence-corrected chi connectivity index (χ2v) is 7.94. The lowest BCUT2D eigenvalue weighted by Gasteiger charge is -2.22. The number of benzene rings is 2. The molecule has 0 radical (unpaired) electrons. The van der Waals surface area contributed by atoms with Crippen molar-refractivity contribution in [3.8, 4) is 5.75 Å². The molecule has 0 spiro atoms. The molecule has 0 aromatic heterocycles. The van der Waals surface area contributed by atoms with E-state index >= 15 is 0 Å². The van der Waals surface area contributed by atoms with Crippen molar-refractivity contribution in [1.29, 1.82) is 0 Å². The Morgan fingerprint density at radius 3 is 2.55 bits per heavy atom. The summed E-state index contributed by atoms with van der Waals surface area (Å²) in [5.41, 5.74) is 2.17. The number of ether oxygens (including phenoxy) is 2. The van der Waals surface area contributed by atoms with Gasteiger partial charge in [0.1, 0.15) is 11.6 Å². The van der Waals surface area contributed by atoms with Crippen molar-refractivity contribution >= 4 is 23.9 Å². The Morgan fingerprint density at radius 2 is 1.91 bits per heavy atom. The summed E-state index contributed by atoms with van der Waals surface area (Å²) in [4.78, 5) is 34.9. The molecule has 0 saturated heterocycles. The third-order valence-corrected chi connectivity index (χ3v) is 3.99. The van der Waals surface area contributed by atoms with Gasteiger partial charge in [0, 0.05) is 11.6 Å². The molecule has 0 fully saturated rings. The van der Waals surface area contributed by atoms with Gasteiger partial charge in [0.15, 0.2) is 5.75 Å². The largest absolute Gasteiger partial charge is 0.502 e. The second kappa shape index (κ2) is 11.6. The average Bonchev–Trinajstić information content (AvgIpc) is 2.73. The van der Waals surface area contributed by atoms with E-state index in [1.165, 1.54) is 12.3 Å². The van der Waals surface area contributed by atoms with Crippen LogP contribution in [0, 0.1) is 10.1 Å². The van der Waals surface area contributed by atoms with Gasteiger partial charge in [0.25, 0.3) is 5.91 Å². The van der Waals surface area contributed by atoms with Crippen molar-refractivity contribution in [3.05, 3.63) is 69.8 Å². The molecule has 0 aliphatic carbocycles. The molecule has 0 aliphatic heterocycles. The molecule has 11 heteroatoms. The Morgan fingerprint density at radius 1 is 1.21 bits per heavy atom. The number of alkyl carbamates (subject to hydrolysis) is 1. The second-order valence-electron chi connectivity index (χ2n) is 7.94. The van der Waals surface area contributed by atoms with Gasteiger partial charge in [0.2, 0.25) is 0 Å². The van der Waals surface area contributed by atoms with Crippen molar-refractivity contribution in [2.45, 2.75) is 39.0 Å². The summed E-state index contributed by atoms with van der Waals surface area (Å²) in [5.74, 6) is -1.17. The fourth-order valence-electron chi connectivity index (χ4n) is 2.52. The maximum Gasteiger partial charge on any atom is 0.408 e. The van der Waals surface area contributed by atoms with E-state index in [2.05, 4.69) is 15.8 Å². The number of hydrazone groups is 1. The topological polar surface area (TPSA) is 152 Å². The number of amides is 2. The first-order chi connectivity index (χ1) is 15.5. The summed E-state index contributed by atoms with van der Waals surface area (Å²) < 4.78 is 10.8. The van der Waals surface area contributed by atoms with E-state index in [0.29, 0.717) is 0 Å². The normalized spacial score (nSPS) is 12.2. The van der Waals surface area contributed by atoms with Crippen molar-refractivity contribution in [1.82, 2.24) is 10.7 Å². The Balaban J connectivity index is 2.03. The van der Waals surface area contributed by atoms with Gasteiger partial charge in [-0.1, -0.05) is 30.3 Å². The Bertz CT molecular complexity index is 1000. The van der Waals surface area contributed by atoms with Crippen LogP contribution in [0.1, 0.15) is 31.9 Å². The summed E-state index contributed by atoms with van der Waals surface area (Å²) in [6, 6.07) is 11.8. The molecule has 11 nitrogen and oxygen atoms in total. The van der Waals surface area contributed by atoms with E-state index < -0.39 is 40.0 Å². The molecule has 33 heavy (non-hydrogen) atoms. The third-order valence-electron chi connectivity index (χ3n) is 3.99. The average molecular weight is 458 g/mol. The minimum absolute atomic E-state index is 0.153. The summed E-state index contributed by atoms with van der Waals surface area (Å²) >= 11 is 0. The lowest BCUT2D eigenvalue weighted by atomic mass is 10.2.